The SMILES string of the molecule is C=C(C)C(=O)O.C=C(CCC)C(=O)O.CN(C)C.CN(C)C. The third-order valence-electron chi connectivity index (χ3n) is 1.22. The second-order valence-electron chi connectivity index (χ2n) is 5.43. The average Bonchev–Trinajstić information content (AvgIpc) is 2.28. The zero-order chi connectivity index (χ0) is 18.9. The molecule has 0 amide bonds. The molecule has 2 N–H and O–H groups in total. The predicted octanol–water partition coefficient (Wildman–Crippen LogP) is 2.43. The summed E-state index contributed by atoms with van der Waals surface area (Å²) in [5.41, 5.74) is 0.475. The summed E-state index contributed by atoms with van der Waals surface area (Å²) in [6.45, 7) is 9.87. The van der Waals surface area contributed by atoms with Crippen LogP contribution >= 0.6 is 0 Å². The molecule has 6 nitrogen and oxygen atoms in total. The van der Waals surface area contributed by atoms with Gasteiger partial charge in [0.05, 0.1) is 0 Å². The smallest absolute Gasteiger partial charge is 0.330 e. The first kappa shape index (κ1) is 28.5. The fourth-order valence-electron chi connectivity index (χ4n) is 0.409. The van der Waals surface area contributed by atoms with Gasteiger partial charge in [0.15, 0.2) is 0 Å². The van der Waals surface area contributed by atoms with Crippen molar-refractivity contribution in [1.82, 2.24) is 9.80 Å². The number of carboxylic acids is 2. The highest BCUT2D eigenvalue weighted by Gasteiger charge is 1.99. The van der Waals surface area contributed by atoms with E-state index in [1.54, 1.807) is 0 Å². The van der Waals surface area contributed by atoms with E-state index in [0.717, 1.165) is 6.42 Å². The molecule has 0 heterocycles. The summed E-state index contributed by atoms with van der Waals surface area (Å²) in [5.74, 6) is -1.82. The molecule has 0 saturated carbocycles. The second-order valence-corrected chi connectivity index (χ2v) is 5.43. The Morgan fingerprint density at radius 2 is 1.09 bits per heavy atom. The van der Waals surface area contributed by atoms with Crippen LogP contribution in [-0.4, -0.2) is 74.2 Å². The number of rotatable bonds is 4. The maximum absolute atomic E-state index is 9.99. The monoisotopic (exact) mass is 318 g/mol. The van der Waals surface area contributed by atoms with E-state index in [9.17, 15) is 9.59 Å². The molecule has 0 spiro atoms. The van der Waals surface area contributed by atoms with Crippen molar-refractivity contribution in [2.75, 3.05) is 42.3 Å². The molecule has 0 unspecified atom stereocenters. The maximum atomic E-state index is 9.99. The van der Waals surface area contributed by atoms with Crippen LogP contribution in [0.4, 0.5) is 0 Å². The van der Waals surface area contributed by atoms with Crippen LogP contribution in [0.25, 0.3) is 0 Å². The Hall–Kier alpha value is -1.66. The lowest BCUT2D eigenvalue weighted by Gasteiger charge is -1.92. The van der Waals surface area contributed by atoms with Gasteiger partial charge in [-0.3, -0.25) is 0 Å². The van der Waals surface area contributed by atoms with Gasteiger partial charge >= 0.3 is 11.9 Å². The zero-order valence-corrected chi connectivity index (χ0v) is 15.4. The highest BCUT2D eigenvalue weighted by atomic mass is 16.4. The molecule has 132 valence electrons. The lowest BCUT2D eigenvalue weighted by Crippen LogP contribution is -1.99. The Balaban J connectivity index is -0.000000103. The number of carbonyl (C=O) groups is 2. The topological polar surface area (TPSA) is 81.1 Å². The van der Waals surface area contributed by atoms with Crippen molar-refractivity contribution in [3.63, 3.8) is 0 Å². The fourth-order valence-corrected chi connectivity index (χ4v) is 0.409. The van der Waals surface area contributed by atoms with Crippen molar-refractivity contribution in [3.05, 3.63) is 24.3 Å². The molecular weight excluding hydrogens is 284 g/mol. The molecule has 0 bridgehead atoms. The number of hydrogen-bond acceptors (Lipinski definition) is 4. The molecule has 0 rings (SSSR count). The van der Waals surface area contributed by atoms with E-state index in [1.165, 1.54) is 6.92 Å². The second kappa shape index (κ2) is 19.3. The van der Waals surface area contributed by atoms with Gasteiger partial charge in [-0.15, -0.1) is 0 Å². The van der Waals surface area contributed by atoms with Crippen molar-refractivity contribution >= 4 is 11.9 Å². The highest BCUT2D eigenvalue weighted by Crippen LogP contribution is 1.99. The maximum Gasteiger partial charge on any atom is 0.330 e. The molecule has 0 aromatic rings. The molecule has 0 atom stereocenters. The van der Waals surface area contributed by atoms with Gasteiger partial charge in [-0.05, 0) is 55.6 Å². The molecule has 0 aliphatic rings. The molecule has 0 aliphatic heterocycles. The lowest BCUT2D eigenvalue weighted by molar-refractivity contribution is -0.133. The van der Waals surface area contributed by atoms with Crippen LogP contribution in [0.15, 0.2) is 24.3 Å². The third kappa shape index (κ3) is 63.2. The number of aliphatic carboxylic acids is 2. The first-order chi connectivity index (χ1) is 9.79. The van der Waals surface area contributed by atoms with Gasteiger partial charge < -0.3 is 20.0 Å². The van der Waals surface area contributed by atoms with Crippen LogP contribution in [-0.2, 0) is 9.59 Å². The predicted molar refractivity (Wildman–Crippen MR) is 93.4 cm³/mol. The van der Waals surface area contributed by atoms with Crippen LogP contribution in [0.2, 0.25) is 0 Å². The van der Waals surface area contributed by atoms with Crippen LogP contribution in [0.3, 0.4) is 0 Å². The van der Waals surface area contributed by atoms with Crippen molar-refractivity contribution in [1.29, 1.82) is 0 Å². The summed E-state index contributed by atoms with van der Waals surface area (Å²) in [6, 6.07) is 0. The minimum atomic E-state index is -0.935. The summed E-state index contributed by atoms with van der Waals surface area (Å²) in [6.07, 6.45) is 1.44. The van der Waals surface area contributed by atoms with E-state index in [2.05, 4.69) is 13.2 Å². The summed E-state index contributed by atoms with van der Waals surface area (Å²) in [5, 5.41) is 16.1. The molecule has 0 fully saturated rings. The molecule has 0 aromatic heterocycles. The quantitative estimate of drug-likeness (QED) is 0.775. The van der Waals surface area contributed by atoms with Gasteiger partial charge in [-0.25, -0.2) is 9.59 Å². The summed E-state index contributed by atoms with van der Waals surface area (Å²) in [4.78, 5) is 23.6. The van der Waals surface area contributed by atoms with Gasteiger partial charge in [0.1, 0.15) is 0 Å². The number of nitrogens with zero attached hydrogens (tertiary/aromatic N) is 2. The van der Waals surface area contributed by atoms with E-state index >= 15 is 0 Å². The minimum Gasteiger partial charge on any atom is -0.478 e. The Bertz CT molecular complexity index is 301. The van der Waals surface area contributed by atoms with Gasteiger partial charge in [0.2, 0.25) is 0 Å². The third-order valence-corrected chi connectivity index (χ3v) is 1.22. The van der Waals surface area contributed by atoms with E-state index in [-0.39, 0.29) is 5.57 Å². The van der Waals surface area contributed by atoms with Gasteiger partial charge in [-0.2, -0.15) is 0 Å². The molecule has 0 aromatic carbocycles. The highest BCUT2D eigenvalue weighted by molar-refractivity contribution is 5.85. The van der Waals surface area contributed by atoms with E-state index in [1.807, 2.05) is 59.0 Å². The zero-order valence-electron chi connectivity index (χ0n) is 15.4. The normalized spacial score (nSPS) is 8.45. The molecule has 6 heteroatoms. The average molecular weight is 318 g/mol. The molecule has 0 aliphatic carbocycles. The largest absolute Gasteiger partial charge is 0.478 e. The Labute approximate surface area is 135 Å². The summed E-state index contributed by atoms with van der Waals surface area (Å²) < 4.78 is 0. The molecule has 22 heavy (non-hydrogen) atoms. The Morgan fingerprint density at radius 1 is 0.864 bits per heavy atom. The van der Waals surface area contributed by atoms with Gasteiger partial charge in [-0.1, -0.05) is 26.5 Å². The molecule has 0 saturated heterocycles. The van der Waals surface area contributed by atoms with E-state index in [0.29, 0.717) is 12.0 Å². The van der Waals surface area contributed by atoms with Crippen LogP contribution in [0.5, 0.6) is 0 Å². The van der Waals surface area contributed by atoms with Gasteiger partial charge in [0, 0.05) is 11.1 Å². The Morgan fingerprint density at radius 3 is 1.14 bits per heavy atom. The fraction of sp³-hybridized carbons (Fsp3) is 0.625. The van der Waals surface area contributed by atoms with E-state index in [4.69, 9.17) is 10.2 Å². The standard InChI is InChI=1S/C6H10O2.C4H6O2.2C3H9N/c1-3-4-5(2)6(7)8;1-3(2)4(5)6;2*1-4(2)3/h2-4H2,1H3,(H,7,8);1H2,2H3,(H,5,6);2*1-3H3. The Kier molecular flexibility index (Phi) is 25.0. The summed E-state index contributed by atoms with van der Waals surface area (Å²) >= 11 is 0. The lowest BCUT2D eigenvalue weighted by atomic mass is 10.2. The number of carboxylic acid groups (broad SMARTS) is 2. The molecule has 0 radical (unpaired) electrons. The van der Waals surface area contributed by atoms with Gasteiger partial charge in [0.25, 0.3) is 0 Å². The van der Waals surface area contributed by atoms with Crippen molar-refractivity contribution < 1.29 is 19.8 Å². The summed E-state index contributed by atoms with van der Waals surface area (Å²) in [7, 11) is 12.0. The van der Waals surface area contributed by atoms with Crippen molar-refractivity contribution in [2.45, 2.75) is 26.7 Å². The first-order valence-electron chi connectivity index (χ1n) is 6.81. The minimum absolute atomic E-state index is 0.176. The van der Waals surface area contributed by atoms with Crippen LogP contribution < -0.4 is 0 Å². The number of hydrogen-bond donors (Lipinski definition) is 2. The van der Waals surface area contributed by atoms with Crippen LogP contribution in [0, 0.1) is 0 Å². The van der Waals surface area contributed by atoms with Crippen molar-refractivity contribution in [3.8, 4) is 0 Å². The first-order valence-corrected chi connectivity index (χ1v) is 6.81. The van der Waals surface area contributed by atoms with Crippen LogP contribution in [0.1, 0.15) is 26.7 Å². The van der Waals surface area contributed by atoms with E-state index < -0.39 is 11.9 Å². The molecular formula is C16H34N2O4. The van der Waals surface area contributed by atoms with Crippen molar-refractivity contribution in [2.24, 2.45) is 0 Å².